The molecule has 0 radical (unpaired) electrons. The van der Waals surface area contributed by atoms with Crippen molar-refractivity contribution in [2.75, 3.05) is 5.32 Å². The molecule has 0 fully saturated rings. The second-order valence-electron chi connectivity index (χ2n) is 7.15. The van der Waals surface area contributed by atoms with Crippen LogP contribution >= 0.6 is 0 Å². The van der Waals surface area contributed by atoms with E-state index in [-0.39, 0.29) is 24.3 Å². The van der Waals surface area contributed by atoms with Crippen LogP contribution in [0.5, 0.6) is 0 Å². The third-order valence-corrected chi connectivity index (χ3v) is 4.03. The molecule has 3 amide bonds. The van der Waals surface area contributed by atoms with E-state index in [0.717, 1.165) is 5.56 Å². The number of rotatable bonds is 10. The van der Waals surface area contributed by atoms with Gasteiger partial charge in [0.1, 0.15) is 18.7 Å². The third-order valence-electron chi connectivity index (χ3n) is 4.03. The van der Waals surface area contributed by atoms with Crippen molar-refractivity contribution in [3.63, 3.8) is 0 Å². The summed E-state index contributed by atoms with van der Waals surface area (Å²) in [5.74, 6) is -1.41. The molecule has 0 bridgehead atoms. The van der Waals surface area contributed by atoms with Gasteiger partial charge in [0, 0.05) is 11.6 Å². The Morgan fingerprint density at radius 2 is 1.47 bits per heavy atom. The number of amides is 3. The number of nitrogens with zero attached hydrogens (tertiary/aromatic N) is 1. The average Bonchev–Trinajstić information content (AvgIpc) is 2.72. The van der Waals surface area contributed by atoms with Gasteiger partial charge in [-0.2, -0.15) is 0 Å². The number of nitrogens with one attached hydrogen (secondary N) is 3. The van der Waals surface area contributed by atoms with Gasteiger partial charge in [0.15, 0.2) is 5.34 Å². The van der Waals surface area contributed by atoms with Gasteiger partial charge in [-0.25, -0.2) is 0 Å². The number of hydrogen-bond donors (Lipinski definition) is 3. The molecule has 30 heavy (non-hydrogen) atoms. The predicted molar refractivity (Wildman–Crippen MR) is 116 cm³/mol. The first-order valence-corrected chi connectivity index (χ1v) is 10.1. The molecule has 3 N–H and O–H groups in total. The number of carbonyl (C=O) groups excluding carboxylic acids is 3. The van der Waals surface area contributed by atoms with E-state index < -0.39 is 23.9 Å². The maximum atomic E-state index is 12.5. The minimum Gasteiger partial charge on any atom is -0.359 e. The zero-order valence-electron chi connectivity index (χ0n) is 18.8. The molecule has 1 aromatic carbocycles. The smallest absolute Gasteiger partial charge is 0.246 e. The van der Waals surface area contributed by atoms with Gasteiger partial charge in [-0.1, -0.05) is 53.7 Å². The lowest BCUT2D eigenvalue weighted by molar-refractivity contribution is -0.132. The highest BCUT2D eigenvalue weighted by Gasteiger charge is 2.27. The summed E-state index contributed by atoms with van der Waals surface area (Å²) in [6.07, 6.45) is 0. The Morgan fingerprint density at radius 3 is 1.93 bits per heavy atom. The third kappa shape index (κ3) is 9.49. The summed E-state index contributed by atoms with van der Waals surface area (Å²) in [7, 11) is 0. The molecule has 168 valence electrons. The van der Waals surface area contributed by atoms with Gasteiger partial charge in [-0.3, -0.25) is 14.4 Å². The van der Waals surface area contributed by atoms with Crippen LogP contribution in [0.15, 0.2) is 29.6 Å². The molecule has 2 unspecified atom stereocenters. The van der Waals surface area contributed by atoms with Crippen LogP contribution in [-0.2, 0) is 25.8 Å². The molecule has 0 aromatic heterocycles. The second kappa shape index (κ2) is 14.1. The van der Waals surface area contributed by atoms with Crippen LogP contribution in [0.3, 0.4) is 0 Å². The minimum atomic E-state index is -0.799. The first kappa shape index (κ1) is 27.0. The molecular formula is C21H34N4O5. The maximum Gasteiger partial charge on any atom is 0.246 e. The molecule has 9 nitrogen and oxygen atoms in total. The molecule has 0 heterocycles. The first-order chi connectivity index (χ1) is 14.1. The number of benzene rings is 1. The topological polar surface area (TPSA) is 126 Å². The van der Waals surface area contributed by atoms with Crippen molar-refractivity contribution >= 4 is 23.4 Å². The van der Waals surface area contributed by atoms with Crippen LogP contribution in [0.2, 0.25) is 0 Å². The van der Waals surface area contributed by atoms with E-state index in [0.29, 0.717) is 5.69 Å². The van der Waals surface area contributed by atoms with Crippen LogP contribution in [-0.4, -0.2) is 29.8 Å². The van der Waals surface area contributed by atoms with Crippen molar-refractivity contribution in [3.05, 3.63) is 34.7 Å². The van der Waals surface area contributed by atoms with Crippen molar-refractivity contribution in [1.82, 2.24) is 10.6 Å². The zero-order chi connectivity index (χ0) is 23.3. The van der Waals surface area contributed by atoms with E-state index in [2.05, 4.69) is 26.1 Å². The van der Waals surface area contributed by atoms with E-state index in [9.17, 15) is 19.3 Å². The van der Waals surface area contributed by atoms with Crippen LogP contribution in [0, 0.1) is 16.7 Å². The second-order valence-corrected chi connectivity index (χ2v) is 7.15. The number of hydrogen-bond acceptors (Lipinski definition) is 6. The summed E-state index contributed by atoms with van der Waals surface area (Å²) in [5, 5.41) is 10.4. The van der Waals surface area contributed by atoms with E-state index in [1.165, 1.54) is 0 Å². The van der Waals surface area contributed by atoms with E-state index in [4.69, 9.17) is 0 Å². The van der Waals surface area contributed by atoms with Gasteiger partial charge in [-0.15, -0.1) is 4.91 Å². The molecule has 0 saturated carbocycles. The fourth-order valence-electron chi connectivity index (χ4n) is 2.26. The zero-order valence-corrected chi connectivity index (χ0v) is 18.8. The SMILES string of the molecule is CC.CC(C)C(=O)NC(C(=O)NC(C)C(=O)Nc1ccc(CON=O)cc1)C(C)C. The Hall–Kier alpha value is -2.97. The minimum absolute atomic E-state index is 0.0445. The quantitative estimate of drug-likeness (QED) is 0.394. The van der Waals surface area contributed by atoms with Gasteiger partial charge >= 0.3 is 0 Å². The first-order valence-electron chi connectivity index (χ1n) is 10.1. The molecule has 2 atom stereocenters. The number of anilines is 1. The van der Waals surface area contributed by atoms with Crippen molar-refractivity contribution in [2.24, 2.45) is 17.2 Å². The molecule has 1 rings (SSSR count). The lowest BCUT2D eigenvalue weighted by Gasteiger charge is -2.24. The Morgan fingerprint density at radius 1 is 0.900 bits per heavy atom. The summed E-state index contributed by atoms with van der Waals surface area (Å²) in [6.45, 7) is 12.7. The van der Waals surface area contributed by atoms with E-state index in [1.54, 1.807) is 45.0 Å². The molecule has 0 aliphatic heterocycles. The fourth-order valence-corrected chi connectivity index (χ4v) is 2.26. The fraction of sp³-hybridized carbons (Fsp3) is 0.571. The lowest BCUT2D eigenvalue weighted by atomic mass is 10.0. The monoisotopic (exact) mass is 422 g/mol. The van der Waals surface area contributed by atoms with Crippen molar-refractivity contribution in [2.45, 2.75) is 67.2 Å². The summed E-state index contributed by atoms with van der Waals surface area (Å²) < 4.78 is 0. The summed E-state index contributed by atoms with van der Waals surface area (Å²) in [6, 6.07) is 5.13. The van der Waals surface area contributed by atoms with Crippen LogP contribution in [0.1, 0.15) is 54.0 Å². The summed E-state index contributed by atoms with van der Waals surface area (Å²) in [4.78, 5) is 51.1. The molecule has 0 spiro atoms. The van der Waals surface area contributed by atoms with Gasteiger partial charge in [0.25, 0.3) is 0 Å². The molecule has 0 saturated heterocycles. The molecular weight excluding hydrogens is 388 g/mol. The van der Waals surface area contributed by atoms with E-state index in [1.807, 2.05) is 27.7 Å². The number of carbonyl (C=O) groups is 3. The standard InChI is InChI=1S/C19H28N4O5.C2H6/c1-11(2)16(22-17(24)12(3)4)19(26)20-13(5)18(25)21-15-8-6-14(7-9-15)10-28-23-27;1-2/h6-9,11-13,16H,10H2,1-5H3,(H,20,26)(H,21,25)(H,22,24);1-2H3. The Kier molecular flexibility index (Phi) is 12.7. The lowest BCUT2D eigenvalue weighted by Crippen LogP contribution is -2.54. The molecule has 0 aliphatic rings. The van der Waals surface area contributed by atoms with Crippen molar-refractivity contribution < 1.29 is 19.2 Å². The van der Waals surface area contributed by atoms with Crippen molar-refractivity contribution in [3.8, 4) is 0 Å². The Labute approximate surface area is 178 Å². The van der Waals surface area contributed by atoms with E-state index >= 15 is 0 Å². The Bertz CT molecular complexity index is 689. The Balaban J connectivity index is 0.00000407. The van der Waals surface area contributed by atoms with Crippen LogP contribution < -0.4 is 16.0 Å². The highest BCUT2D eigenvalue weighted by atomic mass is 16.7. The molecule has 0 aliphatic carbocycles. The predicted octanol–water partition coefficient (Wildman–Crippen LogP) is 3.15. The van der Waals surface area contributed by atoms with Gasteiger partial charge in [0.2, 0.25) is 17.7 Å². The van der Waals surface area contributed by atoms with Crippen LogP contribution in [0.4, 0.5) is 5.69 Å². The highest BCUT2D eigenvalue weighted by Crippen LogP contribution is 2.11. The van der Waals surface area contributed by atoms with Crippen molar-refractivity contribution in [1.29, 1.82) is 0 Å². The highest BCUT2D eigenvalue weighted by molar-refractivity contribution is 5.98. The van der Waals surface area contributed by atoms with Gasteiger partial charge < -0.3 is 20.8 Å². The van der Waals surface area contributed by atoms with Gasteiger partial charge in [-0.05, 0) is 30.5 Å². The average molecular weight is 423 g/mol. The van der Waals surface area contributed by atoms with Gasteiger partial charge in [0.05, 0.1) is 0 Å². The summed E-state index contributed by atoms with van der Waals surface area (Å²) >= 11 is 0. The van der Waals surface area contributed by atoms with Crippen LogP contribution in [0.25, 0.3) is 0 Å². The molecule has 9 heteroatoms. The maximum absolute atomic E-state index is 12.5. The summed E-state index contributed by atoms with van der Waals surface area (Å²) in [5.41, 5.74) is 1.25. The largest absolute Gasteiger partial charge is 0.359 e. The molecule has 1 aromatic rings. The normalized spacial score (nSPS) is 12.2.